The van der Waals surface area contributed by atoms with E-state index in [2.05, 4.69) is 34.2 Å². The SMILES string of the molecule is c1ccc(-c2c[nH]cc2-c2ccncc2)cc1. The van der Waals surface area contributed by atoms with E-state index in [0.29, 0.717) is 0 Å². The number of hydrogen-bond donors (Lipinski definition) is 1. The number of aromatic amines is 1. The van der Waals surface area contributed by atoms with Crippen molar-refractivity contribution in [2.75, 3.05) is 0 Å². The maximum absolute atomic E-state index is 4.05. The van der Waals surface area contributed by atoms with Crippen molar-refractivity contribution in [1.82, 2.24) is 9.97 Å². The molecule has 2 nitrogen and oxygen atoms in total. The van der Waals surface area contributed by atoms with Crippen LogP contribution in [0, 0.1) is 0 Å². The summed E-state index contributed by atoms with van der Waals surface area (Å²) >= 11 is 0. The van der Waals surface area contributed by atoms with Gasteiger partial charge < -0.3 is 4.98 Å². The molecule has 0 aliphatic rings. The number of nitrogens with zero attached hydrogens (tertiary/aromatic N) is 1. The molecule has 0 unspecified atom stereocenters. The van der Waals surface area contributed by atoms with Crippen LogP contribution in [0.5, 0.6) is 0 Å². The average molecular weight is 220 g/mol. The quantitative estimate of drug-likeness (QED) is 0.700. The summed E-state index contributed by atoms with van der Waals surface area (Å²) in [6, 6.07) is 14.4. The highest BCUT2D eigenvalue weighted by Gasteiger charge is 2.07. The Morgan fingerprint density at radius 3 is 1.94 bits per heavy atom. The zero-order chi connectivity index (χ0) is 11.5. The van der Waals surface area contributed by atoms with E-state index in [4.69, 9.17) is 0 Å². The van der Waals surface area contributed by atoms with Crippen LogP contribution < -0.4 is 0 Å². The maximum Gasteiger partial charge on any atom is 0.0273 e. The third-order valence-electron chi connectivity index (χ3n) is 2.82. The van der Waals surface area contributed by atoms with E-state index in [0.717, 1.165) is 0 Å². The molecule has 3 aromatic rings. The molecule has 0 spiro atoms. The topological polar surface area (TPSA) is 28.7 Å². The minimum absolute atomic E-state index is 1.18. The van der Waals surface area contributed by atoms with Crippen molar-refractivity contribution in [2.24, 2.45) is 0 Å². The molecule has 0 fully saturated rings. The number of benzene rings is 1. The summed E-state index contributed by atoms with van der Waals surface area (Å²) in [5.41, 5.74) is 4.83. The van der Waals surface area contributed by atoms with Gasteiger partial charge >= 0.3 is 0 Å². The van der Waals surface area contributed by atoms with Crippen molar-refractivity contribution >= 4 is 0 Å². The number of nitrogens with one attached hydrogen (secondary N) is 1. The number of H-pyrrole nitrogens is 1. The van der Waals surface area contributed by atoms with Gasteiger partial charge in [-0.25, -0.2) is 0 Å². The molecule has 0 aliphatic heterocycles. The van der Waals surface area contributed by atoms with E-state index >= 15 is 0 Å². The molecule has 82 valence electrons. The Labute approximate surface area is 100.0 Å². The normalized spacial score (nSPS) is 10.4. The monoisotopic (exact) mass is 220 g/mol. The third-order valence-corrected chi connectivity index (χ3v) is 2.82. The molecule has 2 aromatic heterocycles. The molecule has 0 radical (unpaired) electrons. The summed E-state index contributed by atoms with van der Waals surface area (Å²) in [7, 11) is 0. The van der Waals surface area contributed by atoms with Gasteiger partial charge in [-0.3, -0.25) is 4.98 Å². The first-order chi connectivity index (χ1) is 8.45. The Bertz CT molecular complexity index is 543. The fourth-order valence-corrected chi connectivity index (χ4v) is 1.99. The Morgan fingerprint density at radius 1 is 0.706 bits per heavy atom. The first-order valence-corrected chi connectivity index (χ1v) is 5.58. The summed E-state index contributed by atoms with van der Waals surface area (Å²) in [4.78, 5) is 7.22. The molecule has 0 aliphatic carbocycles. The Kier molecular flexibility index (Phi) is 2.47. The molecule has 2 heterocycles. The average Bonchev–Trinajstić information content (AvgIpc) is 2.90. The lowest BCUT2D eigenvalue weighted by Gasteiger charge is -2.03. The van der Waals surface area contributed by atoms with Gasteiger partial charge in [0.05, 0.1) is 0 Å². The van der Waals surface area contributed by atoms with Gasteiger partial charge in [0.15, 0.2) is 0 Å². The Hall–Kier alpha value is -2.35. The van der Waals surface area contributed by atoms with Gasteiger partial charge in [-0.2, -0.15) is 0 Å². The standard InChI is InChI=1S/C15H12N2/c1-2-4-12(5-3-1)14-10-17-11-15(14)13-6-8-16-9-7-13/h1-11,17H. The predicted molar refractivity (Wildman–Crippen MR) is 69.5 cm³/mol. The van der Waals surface area contributed by atoms with Crippen LogP contribution in [0.15, 0.2) is 67.3 Å². The van der Waals surface area contributed by atoms with E-state index in [1.54, 1.807) is 0 Å². The molecular formula is C15H12N2. The van der Waals surface area contributed by atoms with Gasteiger partial charge in [0, 0.05) is 35.9 Å². The number of pyridine rings is 1. The van der Waals surface area contributed by atoms with Crippen LogP contribution in [0.3, 0.4) is 0 Å². The molecule has 0 amide bonds. The summed E-state index contributed by atoms with van der Waals surface area (Å²) in [6.07, 6.45) is 7.69. The highest BCUT2D eigenvalue weighted by molar-refractivity contribution is 5.82. The van der Waals surface area contributed by atoms with Crippen LogP contribution in [0.1, 0.15) is 0 Å². The molecule has 0 saturated heterocycles. The molecule has 2 heteroatoms. The van der Waals surface area contributed by atoms with Gasteiger partial charge in [0.25, 0.3) is 0 Å². The number of aromatic nitrogens is 2. The summed E-state index contributed by atoms with van der Waals surface area (Å²) < 4.78 is 0. The van der Waals surface area contributed by atoms with Crippen molar-refractivity contribution < 1.29 is 0 Å². The molecule has 0 bridgehead atoms. The molecular weight excluding hydrogens is 208 g/mol. The van der Waals surface area contributed by atoms with Crippen LogP contribution in [-0.2, 0) is 0 Å². The van der Waals surface area contributed by atoms with Gasteiger partial charge in [0.1, 0.15) is 0 Å². The highest BCUT2D eigenvalue weighted by Crippen LogP contribution is 2.31. The van der Waals surface area contributed by atoms with E-state index in [9.17, 15) is 0 Å². The largest absolute Gasteiger partial charge is 0.366 e. The Balaban J connectivity index is 2.13. The van der Waals surface area contributed by atoms with Crippen molar-refractivity contribution in [2.45, 2.75) is 0 Å². The second kappa shape index (κ2) is 4.26. The number of rotatable bonds is 2. The highest BCUT2D eigenvalue weighted by atomic mass is 14.6. The zero-order valence-corrected chi connectivity index (χ0v) is 9.30. The fraction of sp³-hybridized carbons (Fsp3) is 0. The van der Waals surface area contributed by atoms with Gasteiger partial charge in [-0.05, 0) is 23.3 Å². The van der Waals surface area contributed by atoms with Crippen LogP contribution in [-0.4, -0.2) is 9.97 Å². The van der Waals surface area contributed by atoms with Crippen molar-refractivity contribution in [1.29, 1.82) is 0 Å². The minimum atomic E-state index is 1.18. The molecule has 3 rings (SSSR count). The number of hydrogen-bond acceptors (Lipinski definition) is 1. The molecule has 17 heavy (non-hydrogen) atoms. The second-order valence-electron chi connectivity index (χ2n) is 3.88. The van der Waals surface area contributed by atoms with Gasteiger partial charge in [0.2, 0.25) is 0 Å². The smallest absolute Gasteiger partial charge is 0.0273 e. The van der Waals surface area contributed by atoms with E-state index in [1.807, 2.05) is 43.0 Å². The second-order valence-corrected chi connectivity index (χ2v) is 3.88. The lowest BCUT2D eigenvalue weighted by Crippen LogP contribution is -1.80. The summed E-state index contributed by atoms with van der Waals surface area (Å²) in [5, 5.41) is 0. The summed E-state index contributed by atoms with van der Waals surface area (Å²) in [5.74, 6) is 0. The van der Waals surface area contributed by atoms with E-state index in [-0.39, 0.29) is 0 Å². The molecule has 1 N–H and O–H groups in total. The van der Waals surface area contributed by atoms with Crippen LogP contribution in [0.2, 0.25) is 0 Å². The first-order valence-electron chi connectivity index (χ1n) is 5.58. The van der Waals surface area contributed by atoms with Crippen LogP contribution in [0.4, 0.5) is 0 Å². The zero-order valence-electron chi connectivity index (χ0n) is 9.30. The van der Waals surface area contributed by atoms with E-state index < -0.39 is 0 Å². The molecule has 0 saturated carbocycles. The molecule has 1 aromatic carbocycles. The van der Waals surface area contributed by atoms with Crippen LogP contribution >= 0.6 is 0 Å². The van der Waals surface area contributed by atoms with E-state index in [1.165, 1.54) is 22.3 Å². The van der Waals surface area contributed by atoms with Crippen molar-refractivity contribution in [3.63, 3.8) is 0 Å². The Morgan fingerprint density at radius 2 is 1.29 bits per heavy atom. The summed E-state index contributed by atoms with van der Waals surface area (Å²) in [6.45, 7) is 0. The predicted octanol–water partition coefficient (Wildman–Crippen LogP) is 3.74. The lowest BCUT2D eigenvalue weighted by atomic mass is 10.0. The van der Waals surface area contributed by atoms with Gasteiger partial charge in [-0.1, -0.05) is 30.3 Å². The van der Waals surface area contributed by atoms with Crippen LogP contribution in [0.25, 0.3) is 22.3 Å². The maximum atomic E-state index is 4.05. The lowest BCUT2D eigenvalue weighted by molar-refractivity contribution is 1.33. The fourth-order valence-electron chi connectivity index (χ4n) is 1.99. The van der Waals surface area contributed by atoms with Crippen molar-refractivity contribution in [3.05, 3.63) is 67.3 Å². The third kappa shape index (κ3) is 1.85. The first kappa shape index (κ1) is 9.85. The van der Waals surface area contributed by atoms with Gasteiger partial charge in [-0.15, -0.1) is 0 Å². The minimum Gasteiger partial charge on any atom is -0.366 e. The molecule has 0 atom stereocenters. The van der Waals surface area contributed by atoms with Crippen molar-refractivity contribution in [3.8, 4) is 22.3 Å².